The topological polar surface area (TPSA) is 8.17 Å². The van der Waals surface area contributed by atoms with Crippen LogP contribution in [0.3, 0.4) is 0 Å². The number of anilines is 3. The smallest absolute Gasteiger partial charge is 0.0541 e. The Hall–Kier alpha value is -7.46. The second kappa shape index (κ2) is 14.5. The van der Waals surface area contributed by atoms with Gasteiger partial charge in [-0.25, -0.2) is 0 Å². The van der Waals surface area contributed by atoms with Gasteiger partial charge in [0.2, 0.25) is 0 Å². The van der Waals surface area contributed by atoms with E-state index in [-0.39, 0.29) is 0 Å². The van der Waals surface area contributed by atoms with Gasteiger partial charge < -0.3 is 9.47 Å². The van der Waals surface area contributed by atoms with E-state index >= 15 is 0 Å². The average molecular weight is 771 g/mol. The van der Waals surface area contributed by atoms with Crippen molar-refractivity contribution in [3.63, 3.8) is 0 Å². The summed E-state index contributed by atoms with van der Waals surface area (Å²) in [6, 6.07) is 77.1. The summed E-state index contributed by atoms with van der Waals surface area (Å²) in [5.74, 6) is 0. The molecule has 0 bridgehead atoms. The number of thiophene rings is 1. The molecule has 11 rings (SSSR count). The first-order chi connectivity index (χ1) is 29.2. The standard InChI is InChI=1S/C56H38N2S/c1-2-38-18-20-39(21-19-38)40-22-30-44(31-23-40)57(46-36-28-43(29-37-46)48-13-9-14-52-51-12-5-8-17-55(51)59-56(48)52)45-32-24-41(25-33-45)42-26-34-47(35-27-42)58-53-15-6-3-10-49(53)50-11-4-7-16-54(50)58/h2-37H,1H2. The third-order valence-corrected chi connectivity index (χ3v) is 12.8. The number of hydrogen-bond donors (Lipinski definition) is 0. The number of nitrogens with zero attached hydrogens (tertiary/aromatic N) is 2. The van der Waals surface area contributed by atoms with Gasteiger partial charge in [-0.15, -0.1) is 11.3 Å². The van der Waals surface area contributed by atoms with Crippen molar-refractivity contribution in [2.24, 2.45) is 0 Å². The molecule has 0 aliphatic heterocycles. The molecule has 0 spiro atoms. The molecule has 0 N–H and O–H groups in total. The van der Waals surface area contributed by atoms with E-state index < -0.39 is 0 Å². The molecule has 0 aliphatic rings. The lowest BCUT2D eigenvalue weighted by Gasteiger charge is -2.26. The number of para-hydroxylation sites is 2. The zero-order chi connectivity index (χ0) is 39.3. The summed E-state index contributed by atoms with van der Waals surface area (Å²) in [4.78, 5) is 2.35. The maximum absolute atomic E-state index is 3.91. The van der Waals surface area contributed by atoms with E-state index in [4.69, 9.17) is 0 Å². The summed E-state index contributed by atoms with van der Waals surface area (Å²) < 4.78 is 5.01. The van der Waals surface area contributed by atoms with Crippen molar-refractivity contribution < 1.29 is 0 Å². The van der Waals surface area contributed by atoms with Crippen LogP contribution in [0.2, 0.25) is 0 Å². The molecule has 0 saturated heterocycles. The minimum atomic E-state index is 1.10. The van der Waals surface area contributed by atoms with E-state index in [9.17, 15) is 0 Å². The molecule has 2 heterocycles. The fourth-order valence-corrected chi connectivity index (χ4v) is 9.87. The van der Waals surface area contributed by atoms with Crippen molar-refractivity contribution in [3.05, 3.63) is 224 Å². The molecule has 3 heteroatoms. The van der Waals surface area contributed by atoms with Crippen LogP contribution in [0.5, 0.6) is 0 Å². The summed E-state index contributed by atoms with van der Waals surface area (Å²) in [6.45, 7) is 3.91. The molecule has 2 nitrogen and oxygen atoms in total. The van der Waals surface area contributed by atoms with E-state index in [2.05, 4.69) is 228 Å². The Bertz CT molecular complexity index is 3240. The highest BCUT2D eigenvalue weighted by molar-refractivity contribution is 7.26. The molecule has 0 aliphatic carbocycles. The molecule has 0 saturated carbocycles. The predicted octanol–water partition coefficient (Wildman–Crippen LogP) is 16.3. The lowest BCUT2D eigenvalue weighted by Crippen LogP contribution is -2.09. The number of hydrogen-bond acceptors (Lipinski definition) is 2. The normalized spacial score (nSPS) is 11.5. The highest BCUT2D eigenvalue weighted by Gasteiger charge is 2.16. The van der Waals surface area contributed by atoms with Gasteiger partial charge >= 0.3 is 0 Å². The predicted molar refractivity (Wildman–Crippen MR) is 255 cm³/mol. The average Bonchev–Trinajstić information content (AvgIpc) is 3.86. The molecule has 2 aromatic heterocycles. The Labute approximate surface area is 347 Å². The van der Waals surface area contributed by atoms with Crippen molar-refractivity contribution >= 4 is 76.5 Å². The van der Waals surface area contributed by atoms with Crippen LogP contribution in [0.25, 0.3) is 87.1 Å². The molecule has 9 aromatic carbocycles. The van der Waals surface area contributed by atoms with E-state index in [0.29, 0.717) is 0 Å². The minimum absolute atomic E-state index is 1.10. The first-order valence-corrected chi connectivity index (χ1v) is 20.8. The SMILES string of the molecule is C=Cc1ccc(-c2ccc(N(c3ccc(-c4ccc(-n5c6ccccc6c6ccccc65)cc4)cc3)c3ccc(-c4cccc5c4sc4ccccc45)cc3)cc2)cc1. The third-order valence-electron chi connectivity index (χ3n) is 11.6. The van der Waals surface area contributed by atoms with Crippen LogP contribution in [0, 0.1) is 0 Å². The van der Waals surface area contributed by atoms with Crippen molar-refractivity contribution in [1.29, 1.82) is 0 Å². The Kier molecular flexibility index (Phi) is 8.53. The van der Waals surface area contributed by atoms with Crippen molar-refractivity contribution in [2.45, 2.75) is 0 Å². The van der Waals surface area contributed by atoms with Crippen LogP contribution < -0.4 is 4.90 Å². The monoisotopic (exact) mass is 770 g/mol. The molecule has 278 valence electrons. The molecular weight excluding hydrogens is 733 g/mol. The van der Waals surface area contributed by atoms with Crippen LogP contribution >= 0.6 is 11.3 Å². The van der Waals surface area contributed by atoms with Gasteiger partial charge in [0.15, 0.2) is 0 Å². The van der Waals surface area contributed by atoms with Gasteiger partial charge in [0.25, 0.3) is 0 Å². The summed E-state index contributed by atoms with van der Waals surface area (Å²) in [7, 11) is 0. The lowest BCUT2D eigenvalue weighted by atomic mass is 10.0. The largest absolute Gasteiger partial charge is 0.311 e. The molecule has 0 unspecified atom stereocenters. The van der Waals surface area contributed by atoms with E-state index in [1.54, 1.807) is 0 Å². The number of rotatable bonds is 8. The molecular formula is C56H38N2S. The van der Waals surface area contributed by atoms with E-state index in [1.807, 2.05) is 17.4 Å². The molecule has 0 radical (unpaired) electrons. The van der Waals surface area contributed by atoms with Gasteiger partial charge in [-0.1, -0.05) is 158 Å². The Morgan fingerprint density at radius 2 is 0.831 bits per heavy atom. The summed E-state index contributed by atoms with van der Waals surface area (Å²) in [6.07, 6.45) is 1.88. The van der Waals surface area contributed by atoms with Crippen LogP contribution in [-0.4, -0.2) is 4.57 Å². The molecule has 59 heavy (non-hydrogen) atoms. The maximum atomic E-state index is 3.91. The van der Waals surface area contributed by atoms with Crippen LogP contribution in [0.1, 0.15) is 5.56 Å². The zero-order valence-corrected chi connectivity index (χ0v) is 33.1. The van der Waals surface area contributed by atoms with Gasteiger partial charge in [0.1, 0.15) is 0 Å². The van der Waals surface area contributed by atoms with E-state index in [0.717, 1.165) is 28.3 Å². The third kappa shape index (κ3) is 6.12. The van der Waals surface area contributed by atoms with Crippen molar-refractivity contribution in [3.8, 4) is 39.1 Å². The number of fused-ring (bicyclic) bond motifs is 6. The maximum Gasteiger partial charge on any atom is 0.0541 e. The highest BCUT2D eigenvalue weighted by Crippen LogP contribution is 2.42. The Balaban J connectivity index is 0.946. The first kappa shape index (κ1) is 34.8. The van der Waals surface area contributed by atoms with Gasteiger partial charge in [0.05, 0.1) is 11.0 Å². The molecule has 11 aromatic rings. The fourth-order valence-electron chi connectivity index (χ4n) is 8.63. The summed E-state index contributed by atoms with van der Waals surface area (Å²) in [5.41, 5.74) is 15.2. The van der Waals surface area contributed by atoms with Gasteiger partial charge in [0, 0.05) is 53.7 Å². The van der Waals surface area contributed by atoms with Gasteiger partial charge in [-0.3, -0.25) is 0 Å². The first-order valence-electron chi connectivity index (χ1n) is 20.0. The van der Waals surface area contributed by atoms with Crippen molar-refractivity contribution in [1.82, 2.24) is 4.57 Å². The van der Waals surface area contributed by atoms with Gasteiger partial charge in [-0.05, 0) is 106 Å². The van der Waals surface area contributed by atoms with Crippen molar-refractivity contribution in [2.75, 3.05) is 4.90 Å². The van der Waals surface area contributed by atoms with Crippen LogP contribution in [-0.2, 0) is 0 Å². The van der Waals surface area contributed by atoms with E-state index in [1.165, 1.54) is 75.4 Å². The Morgan fingerprint density at radius 3 is 1.37 bits per heavy atom. The summed E-state index contributed by atoms with van der Waals surface area (Å²) in [5, 5.41) is 5.17. The molecule has 0 fully saturated rings. The second-order valence-electron chi connectivity index (χ2n) is 15.0. The summed E-state index contributed by atoms with van der Waals surface area (Å²) >= 11 is 1.87. The quantitative estimate of drug-likeness (QED) is 0.149. The second-order valence-corrected chi connectivity index (χ2v) is 16.1. The fraction of sp³-hybridized carbons (Fsp3) is 0. The van der Waals surface area contributed by atoms with Crippen LogP contribution in [0.4, 0.5) is 17.1 Å². The number of aromatic nitrogens is 1. The van der Waals surface area contributed by atoms with Crippen LogP contribution in [0.15, 0.2) is 219 Å². The minimum Gasteiger partial charge on any atom is -0.311 e. The number of benzene rings is 9. The van der Waals surface area contributed by atoms with Gasteiger partial charge in [-0.2, -0.15) is 0 Å². The molecule has 0 atom stereocenters. The molecule has 0 amide bonds. The zero-order valence-electron chi connectivity index (χ0n) is 32.3. The Morgan fingerprint density at radius 1 is 0.390 bits per heavy atom. The lowest BCUT2D eigenvalue weighted by molar-refractivity contribution is 1.18. The highest BCUT2D eigenvalue weighted by atomic mass is 32.1.